The minimum absolute atomic E-state index is 0.399. The topological polar surface area (TPSA) is 27.3 Å². The second-order valence-corrected chi connectivity index (χ2v) is 17.7. The van der Waals surface area contributed by atoms with E-state index >= 15 is 0 Å². The van der Waals surface area contributed by atoms with E-state index in [1.54, 1.807) is 5.57 Å². The molecule has 0 bridgehead atoms. The summed E-state index contributed by atoms with van der Waals surface area (Å²) in [4.78, 5) is 2.52. The minimum atomic E-state index is 0.399. The van der Waals surface area contributed by atoms with Gasteiger partial charge in [-0.05, 0) is 112 Å². The average Bonchev–Trinajstić information content (AvgIpc) is 2.83. The van der Waals surface area contributed by atoms with Crippen molar-refractivity contribution in [2.45, 2.75) is 161 Å². The smallest absolute Gasteiger partial charge is 0.0178 e. The predicted octanol–water partition coefficient (Wildman–Crippen LogP) is 9.58. The molecular weight excluding hydrogens is 486 g/mol. The fraction of sp³-hybridized carbons (Fsp3) is 0.946. The van der Waals surface area contributed by atoms with Crippen molar-refractivity contribution in [1.82, 2.24) is 15.5 Å². The Morgan fingerprint density at radius 1 is 0.700 bits per heavy atom. The van der Waals surface area contributed by atoms with Crippen LogP contribution in [0.1, 0.15) is 142 Å². The first-order valence-corrected chi connectivity index (χ1v) is 17.0. The van der Waals surface area contributed by atoms with Crippen LogP contribution in [-0.2, 0) is 0 Å². The van der Waals surface area contributed by atoms with Crippen LogP contribution in [0.4, 0.5) is 0 Å². The highest BCUT2D eigenvalue weighted by molar-refractivity contribution is 5.15. The monoisotopic (exact) mass is 562 g/mol. The van der Waals surface area contributed by atoms with E-state index in [1.165, 1.54) is 63.7 Å². The third-order valence-corrected chi connectivity index (χ3v) is 10.3. The number of piperidine rings is 3. The molecule has 3 aliphatic heterocycles. The van der Waals surface area contributed by atoms with Gasteiger partial charge < -0.3 is 15.5 Å². The fourth-order valence-corrected chi connectivity index (χ4v) is 6.80. The van der Waals surface area contributed by atoms with Crippen molar-refractivity contribution < 1.29 is 0 Å². The van der Waals surface area contributed by atoms with Crippen molar-refractivity contribution in [3.05, 3.63) is 11.1 Å². The Hall–Kier alpha value is -0.380. The fourth-order valence-electron chi connectivity index (χ4n) is 6.80. The summed E-state index contributed by atoms with van der Waals surface area (Å²) in [6.07, 6.45) is 7.99. The molecule has 5 unspecified atom stereocenters. The molecule has 0 spiro atoms. The molecule has 0 aliphatic carbocycles. The van der Waals surface area contributed by atoms with Crippen molar-refractivity contribution in [3.8, 4) is 0 Å². The van der Waals surface area contributed by atoms with Gasteiger partial charge in [-0.25, -0.2) is 0 Å². The van der Waals surface area contributed by atoms with Crippen molar-refractivity contribution in [2.75, 3.05) is 26.7 Å². The molecule has 3 rings (SSSR count). The van der Waals surface area contributed by atoms with Gasteiger partial charge in [0, 0.05) is 24.7 Å². The lowest BCUT2D eigenvalue weighted by molar-refractivity contribution is 0.108. The molecule has 3 heterocycles. The number of allylic oxidation sites excluding steroid dienone is 1. The highest BCUT2D eigenvalue weighted by Crippen LogP contribution is 2.35. The first-order valence-electron chi connectivity index (χ1n) is 17.0. The predicted molar refractivity (Wildman–Crippen MR) is 181 cm³/mol. The number of hydrogen-bond acceptors (Lipinski definition) is 3. The Labute approximate surface area is 253 Å². The van der Waals surface area contributed by atoms with E-state index in [4.69, 9.17) is 0 Å². The van der Waals surface area contributed by atoms with Crippen LogP contribution in [0.15, 0.2) is 11.1 Å². The van der Waals surface area contributed by atoms with E-state index < -0.39 is 0 Å². The highest BCUT2D eigenvalue weighted by Gasteiger charge is 2.33. The van der Waals surface area contributed by atoms with Crippen LogP contribution < -0.4 is 10.6 Å². The Morgan fingerprint density at radius 2 is 1.10 bits per heavy atom. The molecule has 0 amide bonds. The molecule has 3 aliphatic rings. The van der Waals surface area contributed by atoms with Gasteiger partial charge in [0.25, 0.3) is 0 Å². The minimum Gasteiger partial charge on any atom is -0.313 e. The second kappa shape index (κ2) is 15.9. The van der Waals surface area contributed by atoms with Gasteiger partial charge in [0.05, 0.1) is 0 Å². The maximum absolute atomic E-state index is 3.64. The average molecular weight is 562 g/mol. The van der Waals surface area contributed by atoms with Crippen LogP contribution in [0, 0.1) is 39.9 Å². The SMILES string of the molecule is CC(C)=C1CCN(C)C(C(C)(C)C)C1.CC(C)C1CCNC(C(C)(C)C)C1.CC(C)C1CCNC(C(C)(C)C)C1. The van der Waals surface area contributed by atoms with E-state index in [0.29, 0.717) is 34.4 Å². The molecule has 0 aromatic heterocycles. The van der Waals surface area contributed by atoms with Crippen molar-refractivity contribution >= 4 is 0 Å². The zero-order valence-corrected chi connectivity index (χ0v) is 30.4. The van der Waals surface area contributed by atoms with Crippen LogP contribution in [0.5, 0.6) is 0 Å². The summed E-state index contributed by atoms with van der Waals surface area (Å²) in [5, 5.41) is 7.29. The van der Waals surface area contributed by atoms with Crippen LogP contribution in [0.25, 0.3) is 0 Å². The number of hydrogen-bond donors (Lipinski definition) is 2. The zero-order valence-electron chi connectivity index (χ0n) is 30.4. The van der Waals surface area contributed by atoms with Gasteiger partial charge in [-0.2, -0.15) is 0 Å². The van der Waals surface area contributed by atoms with Crippen LogP contribution >= 0.6 is 0 Å². The van der Waals surface area contributed by atoms with Gasteiger partial charge in [-0.1, -0.05) is 101 Å². The maximum Gasteiger partial charge on any atom is 0.0178 e. The summed E-state index contributed by atoms with van der Waals surface area (Å²) < 4.78 is 0. The highest BCUT2D eigenvalue weighted by atomic mass is 15.1. The summed E-state index contributed by atoms with van der Waals surface area (Å²) in [5.74, 6) is 3.58. The van der Waals surface area contributed by atoms with Crippen molar-refractivity contribution in [1.29, 1.82) is 0 Å². The van der Waals surface area contributed by atoms with Gasteiger partial charge in [-0.3, -0.25) is 0 Å². The summed E-state index contributed by atoms with van der Waals surface area (Å²) in [5.41, 5.74) is 4.46. The quantitative estimate of drug-likeness (QED) is 0.329. The number of likely N-dealkylation sites (tertiary alicyclic amines) is 1. The third-order valence-electron chi connectivity index (χ3n) is 10.3. The van der Waals surface area contributed by atoms with Gasteiger partial charge in [0.2, 0.25) is 0 Å². The maximum atomic E-state index is 3.64. The zero-order chi connectivity index (χ0) is 31.1. The molecule has 2 N–H and O–H groups in total. The van der Waals surface area contributed by atoms with E-state index in [2.05, 4.69) is 126 Å². The standard InChI is InChI=1S/C13H25N.2C12H25N/c1-10(2)11-7-8-14(6)12(9-11)13(3,4)5;2*1-9(2)10-6-7-13-11(8-10)12(3,4)5/h12H,7-9H2,1-6H3;2*9-11,13H,6-8H2,1-5H3. The van der Waals surface area contributed by atoms with Gasteiger partial charge in [0.15, 0.2) is 0 Å². The van der Waals surface area contributed by atoms with E-state index in [0.717, 1.165) is 23.7 Å². The van der Waals surface area contributed by atoms with Crippen LogP contribution in [0.2, 0.25) is 0 Å². The molecule has 0 radical (unpaired) electrons. The summed E-state index contributed by atoms with van der Waals surface area (Å²) >= 11 is 0. The Morgan fingerprint density at radius 3 is 1.40 bits per heavy atom. The summed E-state index contributed by atoms with van der Waals surface area (Å²) in [6, 6.07) is 2.14. The summed E-state index contributed by atoms with van der Waals surface area (Å²) in [7, 11) is 2.26. The van der Waals surface area contributed by atoms with Crippen LogP contribution in [-0.4, -0.2) is 49.7 Å². The summed E-state index contributed by atoms with van der Waals surface area (Å²) in [6.45, 7) is 38.7. The van der Waals surface area contributed by atoms with Crippen molar-refractivity contribution in [3.63, 3.8) is 0 Å². The molecule has 3 heteroatoms. The normalized spacial score (nSPS) is 28.9. The molecule has 0 aromatic rings. The first-order chi connectivity index (χ1) is 18.1. The lowest BCUT2D eigenvalue weighted by Gasteiger charge is -2.42. The number of nitrogens with zero attached hydrogens (tertiary/aromatic N) is 1. The Balaban J connectivity index is 0.000000300. The molecule has 5 atom stereocenters. The Bertz CT molecular complexity index is 701. The molecule has 0 aromatic carbocycles. The van der Waals surface area contributed by atoms with Crippen LogP contribution in [0.3, 0.4) is 0 Å². The molecule has 3 nitrogen and oxygen atoms in total. The second-order valence-electron chi connectivity index (χ2n) is 17.7. The largest absolute Gasteiger partial charge is 0.313 e. The molecular formula is C37H75N3. The van der Waals surface area contributed by atoms with E-state index in [-0.39, 0.29) is 0 Å². The lowest BCUT2D eigenvalue weighted by Crippen LogP contribution is -2.46. The number of nitrogens with one attached hydrogen (secondary N) is 2. The van der Waals surface area contributed by atoms with Crippen molar-refractivity contribution in [2.24, 2.45) is 39.9 Å². The van der Waals surface area contributed by atoms with E-state index in [1.807, 2.05) is 0 Å². The third kappa shape index (κ3) is 12.9. The van der Waals surface area contributed by atoms with Gasteiger partial charge >= 0.3 is 0 Å². The number of rotatable bonds is 2. The van der Waals surface area contributed by atoms with Gasteiger partial charge in [0.1, 0.15) is 0 Å². The van der Waals surface area contributed by atoms with Gasteiger partial charge in [-0.15, -0.1) is 0 Å². The molecule has 40 heavy (non-hydrogen) atoms. The lowest BCUT2D eigenvalue weighted by atomic mass is 9.75. The Kier molecular flexibility index (Phi) is 15.0. The molecule has 3 fully saturated rings. The van der Waals surface area contributed by atoms with E-state index in [9.17, 15) is 0 Å². The molecule has 3 saturated heterocycles. The first kappa shape index (κ1) is 37.6. The molecule has 238 valence electrons. The molecule has 0 saturated carbocycles.